The molecule has 0 radical (unpaired) electrons. The molecule has 1 N–H and O–H groups in total. The predicted molar refractivity (Wildman–Crippen MR) is 76.7 cm³/mol. The molecule has 0 bridgehead atoms. The molecule has 2 aliphatic rings. The zero-order valence-corrected chi connectivity index (χ0v) is 12.5. The molecule has 0 saturated heterocycles. The van der Waals surface area contributed by atoms with Gasteiger partial charge in [-0.25, -0.2) is 0 Å². The van der Waals surface area contributed by atoms with E-state index in [1.165, 1.54) is 38.5 Å². The van der Waals surface area contributed by atoms with Crippen LogP contribution in [0.1, 0.15) is 59.3 Å². The third-order valence-corrected chi connectivity index (χ3v) is 4.52. The van der Waals surface area contributed by atoms with Crippen LogP contribution in [0.3, 0.4) is 0 Å². The first-order valence-corrected chi connectivity index (χ1v) is 8.00. The summed E-state index contributed by atoms with van der Waals surface area (Å²) < 4.78 is 6.21. The van der Waals surface area contributed by atoms with E-state index in [0.29, 0.717) is 12.0 Å². The Bertz CT molecular complexity index is 237. The van der Waals surface area contributed by atoms with Gasteiger partial charge in [-0.15, -0.1) is 0 Å². The second kappa shape index (κ2) is 6.91. The Morgan fingerprint density at radius 2 is 1.94 bits per heavy atom. The summed E-state index contributed by atoms with van der Waals surface area (Å²) in [5.41, 5.74) is 0. The number of hydrogen-bond donors (Lipinski definition) is 1. The Morgan fingerprint density at radius 3 is 2.56 bits per heavy atom. The summed E-state index contributed by atoms with van der Waals surface area (Å²) >= 11 is 0. The first-order valence-electron chi connectivity index (χ1n) is 8.00. The zero-order valence-electron chi connectivity index (χ0n) is 12.5. The Kier molecular flexibility index (Phi) is 5.50. The van der Waals surface area contributed by atoms with E-state index in [9.17, 15) is 0 Å². The summed E-state index contributed by atoms with van der Waals surface area (Å²) in [6.07, 6.45) is 8.72. The molecular formula is C16H31NO. The highest BCUT2D eigenvalue weighted by Gasteiger charge is 2.25. The topological polar surface area (TPSA) is 21.3 Å². The van der Waals surface area contributed by atoms with Crippen molar-refractivity contribution >= 4 is 0 Å². The Balaban J connectivity index is 1.66. The molecule has 0 aromatic carbocycles. The molecule has 2 rings (SSSR count). The standard InChI is InChI=1S/C16H31NO/c1-12(2)16(10-17-15-7-8-15)18-11-14-6-4-5-13(3)9-14/h12-17H,4-11H2,1-3H3. The molecule has 0 spiro atoms. The van der Waals surface area contributed by atoms with Crippen molar-refractivity contribution in [3.63, 3.8) is 0 Å². The van der Waals surface area contributed by atoms with E-state index in [2.05, 4.69) is 26.1 Å². The smallest absolute Gasteiger partial charge is 0.0722 e. The lowest BCUT2D eigenvalue weighted by Gasteiger charge is -2.29. The number of rotatable bonds is 7. The minimum absolute atomic E-state index is 0.405. The molecular weight excluding hydrogens is 222 g/mol. The van der Waals surface area contributed by atoms with Crippen LogP contribution in [0.2, 0.25) is 0 Å². The molecule has 0 amide bonds. The van der Waals surface area contributed by atoms with Gasteiger partial charge in [-0.05, 0) is 43.4 Å². The van der Waals surface area contributed by atoms with E-state index in [-0.39, 0.29) is 0 Å². The number of hydrogen-bond acceptors (Lipinski definition) is 2. The lowest BCUT2D eigenvalue weighted by Crippen LogP contribution is -2.35. The molecule has 106 valence electrons. The van der Waals surface area contributed by atoms with Crippen LogP contribution in [0.25, 0.3) is 0 Å². The summed E-state index contributed by atoms with van der Waals surface area (Å²) in [4.78, 5) is 0. The fourth-order valence-electron chi connectivity index (χ4n) is 3.03. The van der Waals surface area contributed by atoms with Gasteiger partial charge in [-0.2, -0.15) is 0 Å². The monoisotopic (exact) mass is 253 g/mol. The van der Waals surface area contributed by atoms with E-state index >= 15 is 0 Å². The van der Waals surface area contributed by atoms with Gasteiger partial charge in [0.1, 0.15) is 0 Å². The van der Waals surface area contributed by atoms with Gasteiger partial charge in [0, 0.05) is 19.2 Å². The molecule has 0 aromatic rings. The Labute approximate surface area is 113 Å². The molecule has 0 heterocycles. The third-order valence-electron chi connectivity index (χ3n) is 4.52. The molecule has 2 fully saturated rings. The number of ether oxygens (including phenoxy) is 1. The molecule has 18 heavy (non-hydrogen) atoms. The normalized spacial score (nSPS) is 30.7. The maximum absolute atomic E-state index is 6.21. The summed E-state index contributed by atoms with van der Waals surface area (Å²) in [6.45, 7) is 8.98. The van der Waals surface area contributed by atoms with Gasteiger partial charge >= 0.3 is 0 Å². The molecule has 2 heteroatoms. The lowest BCUT2D eigenvalue weighted by atomic mass is 9.83. The Hall–Kier alpha value is -0.0800. The third kappa shape index (κ3) is 4.89. The highest BCUT2D eigenvalue weighted by molar-refractivity contribution is 4.82. The summed E-state index contributed by atoms with van der Waals surface area (Å²) in [5.74, 6) is 2.35. The largest absolute Gasteiger partial charge is 0.376 e. The fraction of sp³-hybridized carbons (Fsp3) is 1.00. The van der Waals surface area contributed by atoms with Crippen LogP contribution in [-0.2, 0) is 4.74 Å². The van der Waals surface area contributed by atoms with Crippen LogP contribution in [0, 0.1) is 17.8 Å². The van der Waals surface area contributed by atoms with Gasteiger partial charge in [-0.3, -0.25) is 0 Å². The fourth-order valence-corrected chi connectivity index (χ4v) is 3.03. The van der Waals surface area contributed by atoms with Gasteiger partial charge < -0.3 is 10.1 Å². The molecule has 0 aliphatic heterocycles. The van der Waals surface area contributed by atoms with Crippen LogP contribution < -0.4 is 5.32 Å². The minimum atomic E-state index is 0.405. The molecule has 2 aliphatic carbocycles. The first kappa shape index (κ1) is 14.3. The minimum Gasteiger partial charge on any atom is -0.376 e. The van der Waals surface area contributed by atoms with Crippen molar-refractivity contribution < 1.29 is 4.74 Å². The SMILES string of the molecule is CC1CCCC(COC(CNC2CC2)C(C)C)C1. The van der Waals surface area contributed by atoms with E-state index < -0.39 is 0 Å². The molecule has 0 aromatic heterocycles. The van der Waals surface area contributed by atoms with Crippen molar-refractivity contribution in [1.29, 1.82) is 0 Å². The lowest BCUT2D eigenvalue weighted by molar-refractivity contribution is -0.00750. The van der Waals surface area contributed by atoms with E-state index in [0.717, 1.165) is 31.0 Å². The second-order valence-corrected chi connectivity index (χ2v) is 6.94. The van der Waals surface area contributed by atoms with E-state index in [1.807, 2.05) is 0 Å². The quantitative estimate of drug-likeness (QED) is 0.748. The first-order chi connectivity index (χ1) is 8.65. The number of nitrogens with one attached hydrogen (secondary N) is 1. The van der Waals surface area contributed by atoms with Gasteiger partial charge in [0.15, 0.2) is 0 Å². The maximum Gasteiger partial charge on any atom is 0.0722 e. The van der Waals surface area contributed by atoms with Crippen molar-refractivity contribution in [3.05, 3.63) is 0 Å². The average Bonchev–Trinajstić information content (AvgIpc) is 3.12. The molecule has 3 unspecified atom stereocenters. The highest BCUT2D eigenvalue weighted by Crippen LogP contribution is 2.29. The van der Waals surface area contributed by atoms with Crippen molar-refractivity contribution in [2.45, 2.75) is 71.4 Å². The molecule has 2 nitrogen and oxygen atoms in total. The maximum atomic E-state index is 6.21. The Morgan fingerprint density at radius 1 is 1.17 bits per heavy atom. The second-order valence-electron chi connectivity index (χ2n) is 6.94. The summed E-state index contributed by atoms with van der Waals surface area (Å²) in [7, 11) is 0. The van der Waals surface area contributed by atoms with Crippen molar-refractivity contribution in [2.75, 3.05) is 13.2 Å². The van der Waals surface area contributed by atoms with Crippen molar-refractivity contribution in [1.82, 2.24) is 5.32 Å². The average molecular weight is 253 g/mol. The highest BCUT2D eigenvalue weighted by atomic mass is 16.5. The van der Waals surface area contributed by atoms with E-state index in [4.69, 9.17) is 4.74 Å². The van der Waals surface area contributed by atoms with Gasteiger partial charge in [0.05, 0.1) is 6.10 Å². The van der Waals surface area contributed by atoms with E-state index in [1.54, 1.807) is 0 Å². The van der Waals surface area contributed by atoms with Crippen LogP contribution in [0.5, 0.6) is 0 Å². The van der Waals surface area contributed by atoms with Crippen molar-refractivity contribution in [2.24, 2.45) is 17.8 Å². The predicted octanol–water partition coefficient (Wildman–Crippen LogP) is 3.61. The molecule has 3 atom stereocenters. The molecule has 2 saturated carbocycles. The van der Waals surface area contributed by atoms with Gasteiger partial charge in [-0.1, -0.05) is 33.6 Å². The van der Waals surface area contributed by atoms with Crippen molar-refractivity contribution in [3.8, 4) is 0 Å². The summed E-state index contributed by atoms with van der Waals surface area (Å²) in [5, 5.41) is 3.61. The van der Waals surface area contributed by atoms with Crippen LogP contribution >= 0.6 is 0 Å². The van der Waals surface area contributed by atoms with Gasteiger partial charge in [0.2, 0.25) is 0 Å². The van der Waals surface area contributed by atoms with Crippen LogP contribution in [0.4, 0.5) is 0 Å². The van der Waals surface area contributed by atoms with Crippen LogP contribution in [-0.4, -0.2) is 25.3 Å². The van der Waals surface area contributed by atoms with Crippen LogP contribution in [0.15, 0.2) is 0 Å². The summed E-state index contributed by atoms with van der Waals surface area (Å²) in [6, 6.07) is 0.796. The zero-order chi connectivity index (χ0) is 13.0. The van der Waals surface area contributed by atoms with Gasteiger partial charge in [0.25, 0.3) is 0 Å².